The fourth-order valence-electron chi connectivity index (χ4n) is 2.37. The molecule has 1 aliphatic heterocycles. The number of rotatable bonds is 2. The van der Waals surface area contributed by atoms with Crippen LogP contribution >= 0.6 is 0 Å². The predicted octanol–water partition coefficient (Wildman–Crippen LogP) is 1.49. The normalized spacial score (nSPS) is 30.1. The molecule has 2 rings (SSSR count). The Morgan fingerprint density at radius 2 is 2.06 bits per heavy atom. The standard InChI is InChI=1S/C13H20N2O/c1-10-13(2,15-9-8-14-10)11-6-4-5-7-12(11)16-3/h4-7,10,14-15H,8-9H2,1-3H3. The van der Waals surface area contributed by atoms with E-state index >= 15 is 0 Å². The molecule has 1 aromatic carbocycles. The highest BCUT2D eigenvalue weighted by molar-refractivity contribution is 5.40. The van der Waals surface area contributed by atoms with E-state index in [1.54, 1.807) is 7.11 Å². The highest BCUT2D eigenvalue weighted by Gasteiger charge is 2.36. The maximum absolute atomic E-state index is 5.44. The maximum Gasteiger partial charge on any atom is 0.123 e. The molecule has 2 unspecified atom stereocenters. The van der Waals surface area contributed by atoms with Gasteiger partial charge in [0.25, 0.3) is 0 Å². The van der Waals surface area contributed by atoms with Gasteiger partial charge in [-0.3, -0.25) is 0 Å². The minimum Gasteiger partial charge on any atom is -0.496 e. The van der Waals surface area contributed by atoms with E-state index in [1.165, 1.54) is 5.56 Å². The predicted molar refractivity (Wildman–Crippen MR) is 65.8 cm³/mol. The zero-order valence-corrected chi connectivity index (χ0v) is 10.2. The molecule has 88 valence electrons. The fourth-order valence-corrected chi connectivity index (χ4v) is 2.37. The second-order valence-corrected chi connectivity index (χ2v) is 4.51. The van der Waals surface area contributed by atoms with Crippen LogP contribution in [-0.4, -0.2) is 26.2 Å². The van der Waals surface area contributed by atoms with Crippen molar-refractivity contribution in [1.82, 2.24) is 10.6 Å². The van der Waals surface area contributed by atoms with Crippen LogP contribution in [0.2, 0.25) is 0 Å². The third-order valence-electron chi connectivity index (χ3n) is 3.60. The number of benzene rings is 1. The largest absolute Gasteiger partial charge is 0.496 e. The van der Waals surface area contributed by atoms with Crippen LogP contribution in [0.5, 0.6) is 5.75 Å². The van der Waals surface area contributed by atoms with Crippen LogP contribution in [-0.2, 0) is 5.54 Å². The van der Waals surface area contributed by atoms with E-state index in [0.717, 1.165) is 18.8 Å². The lowest BCUT2D eigenvalue weighted by atomic mass is 9.83. The molecule has 0 saturated carbocycles. The van der Waals surface area contributed by atoms with E-state index in [-0.39, 0.29) is 5.54 Å². The number of methoxy groups -OCH3 is 1. The van der Waals surface area contributed by atoms with E-state index in [2.05, 4.69) is 36.6 Å². The van der Waals surface area contributed by atoms with Gasteiger partial charge in [-0.1, -0.05) is 18.2 Å². The Kier molecular flexibility index (Phi) is 3.17. The van der Waals surface area contributed by atoms with Crippen molar-refractivity contribution in [2.45, 2.75) is 25.4 Å². The van der Waals surface area contributed by atoms with Crippen LogP contribution in [0, 0.1) is 0 Å². The lowest BCUT2D eigenvalue weighted by Crippen LogP contribution is -2.60. The molecule has 0 amide bonds. The highest BCUT2D eigenvalue weighted by Crippen LogP contribution is 2.33. The van der Waals surface area contributed by atoms with E-state index in [4.69, 9.17) is 4.74 Å². The number of hydrogen-bond acceptors (Lipinski definition) is 3. The Morgan fingerprint density at radius 1 is 1.31 bits per heavy atom. The second-order valence-electron chi connectivity index (χ2n) is 4.51. The Balaban J connectivity index is 2.40. The van der Waals surface area contributed by atoms with Crippen LogP contribution in [0.4, 0.5) is 0 Å². The van der Waals surface area contributed by atoms with Gasteiger partial charge in [0.05, 0.1) is 12.6 Å². The first-order valence-electron chi connectivity index (χ1n) is 5.80. The first-order valence-corrected chi connectivity index (χ1v) is 5.80. The van der Waals surface area contributed by atoms with Gasteiger partial charge < -0.3 is 15.4 Å². The molecule has 2 atom stereocenters. The van der Waals surface area contributed by atoms with Crippen LogP contribution < -0.4 is 15.4 Å². The number of piperazine rings is 1. The first-order chi connectivity index (χ1) is 7.68. The van der Waals surface area contributed by atoms with Gasteiger partial charge in [0.1, 0.15) is 5.75 Å². The van der Waals surface area contributed by atoms with Gasteiger partial charge in [0, 0.05) is 24.7 Å². The molecular weight excluding hydrogens is 200 g/mol. The van der Waals surface area contributed by atoms with Gasteiger partial charge in [0.2, 0.25) is 0 Å². The topological polar surface area (TPSA) is 33.3 Å². The number of ether oxygens (including phenoxy) is 1. The summed E-state index contributed by atoms with van der Waals surface area (Å²) in [7, 11) is 1.73. The van der Waals surface area contributed by atoms with Crippen molar-refractivity contribution < 1.29 is 4.74 Å². The quantitative estimate of drug-likeness (QED) is 0.792. The molecule has 0 spiro atoms. The molecule has 3 heteroatoms. The Labute approximate surface area is 97.2 Å². The Hall–Kier alpha value is -1.06. The smallest absolute Gasteiger partial charge is 0.123 e. The summed E-state index contributed by atoms with van der Waals surface area (Å²) in [6.45, 7) is 6.44. The van der Waals surface area contributed by atoms with Crippen LogP contribution in [0.15, 0.2) is 24.3 Å². The monoisotopic (exact) mass is 220 g/mol. The lowest BCUT2D eigenvalue weighted by Gasteiger charge is -2.42. The number of hydrogen-bond donors (Lipinski definition) is 2. The van der Waals surface area contributed by atoms with Crippen molar-refractivity contribution >= 4 is 0 Å². The SMILES string of the molecule is COc1ccccc1C1(C)NCCNC1C. The van der Waals surface area contributed by atoms with Crippen molar-refractivity contribution in [3.8, 4) is 5.75 Å². The van der Waals surface area contributed by atoms with E-state index < -0.39 is 0 Å². The average molecular weight is 220 g/mol. The summed E-state index contributed by atoms with van der Waals surface area (Å²) in [5.41, 5.74) is 1.16. The van der Waals surface area contributed by atoms with Gasteiger partial charge in [0.15, 0.2) is 0 Å². The molecule has 1 aromatic rings. The molecule has 1 aliphatic rings. The Bertz CT molecular complexity index is 367. The molecule has 0 aliphatic carbocycles. The van der Waals surface area contributed by atoms with Gasteiger partial charge in [-0.25, -0.2) is 0 Å². The molecular formula is C13H20N2O. The summed E-state index contributed by atoms with van der Waals surface area (Å²) in [4.78, 5) is 0. The molecule has 1 saturated heterocycles. The van der Waals surface area contributed by atoms with Gasteiger partial charge in [-0.05, 0) is 19.9 Å². The third-order valence-corrected chi connectivity index (χ3v) is 3.60. The van der Waals surface area contributed by atoms with E-state index in [1.807, 2.05) is 12.1 Å². The summed E-state index contributed by atoms with van der Waals surface area (Å²) < 4.78 is 5.44. The summed E-state index contributed by atoms with van der Waals surface area (Å²) in [6.07, 6.45) is 0. The van der Waals surface area contributed by atoms with Crippen molar-refractivity contribution in [3.63, 3.8) is 0 Å². The third kappa shape index (κ3) is 1.81. The van der Waals surface area contributed by atoms with Crippen LogP contribution in [0.25, 0.3) is 0 Å². The fraction of sp³-hybridized carbons (Fsp3) is 0.538. The minimum atomic E-state index is -0.0646. The Morgan fingerprint density at radius 3 is 2.75 bits per heavy atom. The summed E-state index contributed by atoms with van der Waals surface area (Å²) in [5, 5.41) is 7.10. The van der Waals surface area contributed by atoms with E-state index in [0.29, 0.717) is 6.04 Å². The van der Waals surface area contributed by atoms with Gasteiger partial charge in [-0.2, -0.15) is 0 Å². The van der Waals surface area contributed by atoms with Gasteiger partial charge in [-0.15, -0.1) is 0 Å². The van der Waals surface area contributed by atoms with Crippen molar-refractivity contribution in [3.05, 3.63) is 29.8 Å². The summed E-state index contributed by atoms with van der Waals surface area (Å²) in [6, 6.07) is 8.61. The lowest BCUT2D eigenvalue weighted by molar-refractivity contribution is 0.224. The summed E-state index contributed by atoms with van der Waals surface area (Å²) >= 11 is 0. The zero-order chi connectivity index (χ0) is 11.6. The molecule has 1 heterocycles. The van der Waals surface area contributed by atoms with Crippen molar-refractivity contribution in [2.24, 2.45) is 0 Å². The molecule has 0 aromatic heterocycles. The molecule has 1 fully saturated rings. The molecule has 3 nitrogen and oxygen atoms in total. The number of para-hydroxylation sites is 1. The van der Waals surface area contributed by atoms with Gasteiger partial charge >= 0.3 is 0 Å². The van der Waals surface area contributed by atoms with Crippen molar-refractivity contribution in [1.29, 1.82) is 0 Å². The molecule has 0 radical (unpaired) electrons. The molecule has 2 N–H and O–H groups in total. The van der Waals surface area contributed by atoms with Crippen molar-refractivity contribution in [2.75, 3.05) is 20.2 Å². The maximum atomic E-state index is 5.44. The number of nitrogens with one attached hydrogen (secondary N) is 2. The van der Waals surface area contributed by atoms with E-state index in [9.17, 15) is 0 Å². The molecule has 16 heavy (non-hydrogen) atoms. The van der Waals surface area contributed by atoms with Crippen LogP contribution in [0.1, 0.15) is 19.4 Å². The summed E-state index contributed by atoms with van der Waals surface area (Å²) in [5.74, 6) is 0.952. The average Bonchev–Trinajstić information content (AvgIpc) is 2.33. The molecule has 0 bridgehead atoms. The second kappa shape index (κ2) is 4.44. The first kappa shape index (κ1) is 11.4. The van der Waals surface area contributed by atoms with Crippen LogP contribution in [0.3, 0.4) is 0 Å². The zero-order valence-electron chi connectivity index (χ0n) is 10.2. The highest BCUT2D eigenvalue weighted by atomic mass is 16.5. The minimum absolute atomic E-state index is 0.0646.